The minimum atomic E-state index is -0.394. The lowest BCUT2D eigenvalue weighted by Gasteiger charge is -2.24. The van der Waals surface area contributed by atoms with Crippen molar-refractivity contribution in [2.45, 2.75) is 33.3 Å². The maximum Gasteiger partial charge on any atom is 0.281 e. The Morgan fingerprint density at radius 2 is 1.83 bits per heavy atom. The summed E-state index contributed by atoms with van der Waals surface area (Å²) in [5.74, 6) is 0.0959. The van der Waals surface area contributed by atoms with E-state index in [1.54, 1.807) is 31.3 Å². The Morgan fingerprint density at radius 1 is 1.03 bits per heavy atom. The Bertz CT molecular complexity index is 1640. The lowest BCUT2D eigenvalue weighted by molar-refractivity contribution is -0.114. The molecule has 7 heteroatoms. The van der Waals surface area contributed by atoms with Gasteiger partial charge in [0.15, 0.2) is 0 Å². The second kappa shape index (κ2) is 7.92. The molecule has 1 aliphatic carbocycles. The van der Waals surface area contributed by atoms with Crippen molar-refractivity contribution in [2.24, 2.45) is 0 Å². The Hall–Kier alpha value is -4.23. The number of nitrogens with zero attached hydrogens (tertiary/aromatic N) is 4. The molecule has 0 unspecified atom stereocenters. The number of carbonyl (C=O) groups is 1. The maximum atomic E-state index is 14.1. The fourth-order valence-corrected chi connectivity index (χ4v) is 5.26. The SMILES string of the molecule is Cc1cc2c3n1C(c1ccccc1)=CN(n1c(C)nc4cccc(CO)c4c1=O)C(=O)C3=CCC2. The second-order valence-corrected chi connectivity index (χ2v) is 8.93. The van der Waals surface area contributed by atoms with E-state index in [1.165, 1.54) is 9.69 Å². The highest BCUT2D eigenvalue weighted by Crippen LogP contribution is 2.37. The van der Waals surface area contributed by atoms with Crippen molar-refractivity contribution in [1.29, 1.82) is 0 Å². The Kier molecular flexibility index (Phi) is 4.82. The van der Waals surface area contributed by atoms with E-state index in [1.807, 2.05) is 43.3 Å². The minimum Gasteiger partial charge on any atom is -0.392 e. The summed E-state index contributed by atoms with van der Waals surface area (Å²) in [5.41, 5.74) is 5.90. The van der Waals surface area contributed by atoms with Gasteiger partial charge in [-0.1, -0.05) is 48.5 Å². The number of amides is 1. The first-order valence-electron chi connectivity index (χ1n) is 11.6. The molecule has 1 aliphatic heterocycles. The lowest BCUT2D eigenvalue weighted by atomic mass is 9.96. The lowest BCUT2D eigenvalue weighted by Crippen LogP contribution is -2.45. The zero-order valence-electron chi connectivity index (χ0n) is 19.5. The van der Waals surface area contributed by atoms with E-state index in [-0.39, 0.29) is 12.5 Å². The van der Waals surface area contributed by atoms with Crippen LogP contribution in [0.3, 0.4) is 0 Å². The quantitative estimate of drug-likeness (QED) is 0.502. The van der Waals surface area contributed by atoms with Gasteiger partial charge in [-0.2, -0.15) is 4.68 Å². The maximum absolute atomic E-state index is 14.1. The van der Waals surface area contributed by atoms with E-state index < -0.39 is 5.56 Å². The Morgan fingerprint density at radius 3 is 2.60 bits per heavy atom. The van der Waals surface area contributed by atoms with E-state index >= 15 is 0 Å². The Labute approximate surface area is 201 Å². The number of rotatable bonds is 3. The van der Waals surface area contributed by atoms with Crippen LogP contribution in [0.4, 0.5) is 0 Å². The third kappa shape index (κ3) is 3.12. The number of carbonyl (C=O) groups excluding carboxylic acids is 1. The number of hydrogen-bond donors (Lipinski definition) is 1. The number of aromatic nitrogens is 3. The molecule has 174 valence electrons. The summed E-state index contributed by atoms with van der Waals surface area (Å²) >= 11 is 0. The molecule has 0 atom stereocenters. The largest absolute Gasteiger partial charge is 0.392 e. The molecular weight excluding hydrogens is 440 g/mol. The standard InChI is InChI=1S/C28H24N4O3/c1-17-14-20-10-6-12-22-26(20)31(17)24(19-8-4-3-5-9-19)15-30(27(22)34)32-18(2)29-23-13-7-11-21(16-33)25(23)28(32)35/h3-5,7-9,11-15,33H,6,10,16H2,1-2H3. The molecule has 0 spiro atoms. The van der Waals surface area contributed by atoms with Gasteiger partial charge >= 0.3 is 0 Å². The molecule has 2 aliphatic rings. The van der Waals surface area contributed by atoms with E-state index in [0.717, 1.165) is 41.1 Å². The molecule has 0 saturated carbocycles. The number of allylic oxidation sites excluding steroid dienone is 1. The van der Waals surface area contributed by atoms with Gasteiger partial charge in [0.25, 0.3) is 11.5 Å². The molecule has 6 rings (SSSR count). The predicted octanol–water partition coefficient (Wildman–Crippen LogP) is 3.66. The summed E-state index contributed by atoms with van der Waals surface area (Å²) < 4.78 is 3.44. The third-order valence-corrected chi connectivity index (χ3v) is 6.78. The molecule has 0 saturated heterocycles. The van der Waals surface area contributed by atoms with E-state index in [2.05, 4.69) is 15.6 Å². The van der Waals surface area contributed by atoms with Crippen LogP contribution in [0.15, 0.2) is 71.7 Å². The van der Waals surface area contributed by atoms with E-state index in [4.69, 9.17) is 0 Å². The van der Waals surface area contributed by atoms with Gasteiger partial charge in [0.2, 0.25) is 0 Å². The summed E-state index contributed by atoms with van der Waals surface area (Å²) in [6.07, 6.45) is 5.31. The zero-order chi connectivity index (χ0) is 24.3. The topological polar surface area (TPSA) is 80.4 Å². The molecule has 4 aromatic rings. The second-order valence-electron chi connectivity index (χ2n) is 8.93. The van der Waals surface area contributed by atoms with Gasteiger partial charge in [-0.05, 0) is 49.9 Å². The third-order valence-electron chi connectivity index (χ3n) is 6.78. The van der Waals surface area contributed by atoms with Crippen molar-refractivity contribution in [3.8, 4) is 0 Å². The first-order valence-corrected chi connectivity index (χ1v) is 11.6. The average molecular weight is 465 g/mol. The number of benzene rings is 2. The molecular formula is C28H24N4O3. The molecule has 0 radical (unpaired) electrons. The van der Waals surface area contributed by atoms with Crippen LogP contribution in [0.2, 0.25) is 0 Å². The molecule has 1 amide bonds. The van der Waals surface area contributed by atoms with Gasteiger partial charge in [0.1, 0.15) is 5.82 Å². The number of aryl methyl sites for hydroxylation is 3. The highest BCUT2D eigenvalue weighted by atomic mass is 16.3. The highest BCUT2D eigenvalue weighted by Gasteiger charge is 2.34. The summed E-state index contributed by atoms with van der Waals surface area (Å²) in [5, 5.41) is 11.6. The molecule has 3 heterocycles. The van der Waals surface area contributed by atoms with E-state index in [0.29, 0.717) is 27.9 Å². The van der Waals surface area contributed by atoms with Crippen LogP contribution in [0.5, 0.6) is 0 Å². The Balaban J connectivity index is 1.69. The molecule has 0 bridgehead atoms. The van der Waals surface area contributed by atoms with Crippen LogP contribution >= 0.6 is 0 Å². The van der Waals surface area contributed by atoms with Gasteiger partial charge in [-0.3, -0.25) is 9.59 Å². The predicted molar refractivity (Wildman–Crippen MR) is 135 cm³/mol. The average Bonchev–Trinajstić information content (AvgIpc) is 3.14. The van der Waals surface area contributed by atoms with Crippen LogP contribution in [0, 0.1) is 13.8 Å². The molecule has 0 fully saturated rings. The van der Waals surface area contributed by atoms with Crippen LogP contribution < -0.4 is 10.6 Å². The monoisotopic (exact) mass is 464 g/mol. The van der Waals surface area contributed by atoms with Crippen LogP contribution in [-0.2, 0) is 17.8 Å². The van der Waals surface area contributed by atoms with Gasteiger partial charge in [-0.25, -0.2) is 9.99 Å². The summed E-state index contributed by atoms with van der Waals surface area (Å²) in [4.78, 5) is 32.5. The molecule has 2 aromatic carbocycles. The van der Waals surface area contributed by atoms with Crippen molar-refractivity contribution in [3.63, 3.8) is 0 Å². The van der Waals surface area contributed by atoms with Gasteiger partial charge in [-0.15, -0.1) is 0 Å². The van der Waals surface area contributed by atoms with Crippen LogP contribution in [-0.4, -0.2) is 25.2 Å². The van der Waals surface area contributed by atoms with Crippen molar-refractivity contribution in [1.82, 2.24) is 14.2 Å². The van der Waals surface area contributed by atoms with Crippen molar-refractivity contribution in [2.75, 3.05) is 5.01 Å². The normalized spacial score (nSPS) is 15.1. The minimum absolute atomic E-state index is 0.288. The number of fused-ring (bicyclic) bond motifs is 1. The molecule has 1 N–H and O–H groups in total. The van der Waals surface area contributed by atoms with Gasteiger partial charge in [0, 0.05) is 11.3 Å². The fraction of sp³-hybridized carbons (Fsp3) is 0.179. The molecule has 35 heavy (non-hydrogen) atoms. The summed E-state index contributed by atoms with van der Waals surface area (Å²) in [6, 6.07) is 17.2. The zero-order valence-corrected chi connectivity index (χ0v) is 19.5. The van der Waals surface area contributed by atoms with Crippen LogP contribution in [0.1, 0.15) is 40.3 Å². The van der Waals surface area contributed by atoms with Gasteiger partial charge < -0.3 is 9.67 Å². The van der Waals surface area contributed by atoms with Crippen molar-refractivity contribution >= 4 is 28.1 Å². The molecule has 7 nitrogen and oxygen atoms in total. The van der Waals surface area contributed by atoms with E-state index in [9.17, 15) is 14.7 Å². The number of aliphatic hydroxyl groups is 1. The molecule has 2 aromatic heterocycles. The van der Waals surface area contributed by atoms with Crippen molar-refractivity contribution in [3.05, 3.63) is 111 Å². The number of hydrogen-bond acceptors (Lipinski definition) is 4. The highest BCUT2D eigenvalue weighted by molar-refractivity contribution is 6.26. The summed E-state index contributed by atoms with van der Waals surface area (Å²) in [6.45, 7) is 3.46. The van der Waals surface area contributed by atoms with Crippen LogP contribution in [0.25, 0.3) is 22.2 Å². The van der Waals surface area contributed by atoms with Crippen molar-refractivity contribution < 1.29 is 9.90 Å². The van der Waals surface area contributed by atoms with Gasteiger partial charge in [0.05, 0.1) is 40.7 Å². The first kappa shape index (κ1) is 21.3. The number of aliphatic hydroxyl groups excluding tert-OH is 1. The smallest absolute Gasteiger partial charge is 0.281 e. The first-order chi connectivity index (χ1) is 17.0. The summed E-state index contributed by atoms with van der Waals surface area (Å²) in [7, 11) is 0. The fourth-order valence-electron chi connectivity index (χ4n) is 5.26.